The van der Waals surface area contributed by atoms with Crippen molar-refractivity contribution < 1.29 is 4.39 Å². The van der Waals surface area contributed by atoms with E-state index in [0.29, 0.717) is 15.7 Å². The normalized spacial score (nSPS) is 11.9. The van der Waals surface area contributed by atoms with E-state index in [9.17, 15) is 4.39 Å². The minimum absolute atomic E-state index is 0.0964. The van der Waals surface area contributed by atoms with Gasteiger partial charge < -0.3 is 5.73 Å². The van der Waals surface area contributed by atoms with Gasteiger partial charge in [0.2, 0.25) is 0 Å². The summed E-state index contributed by atoms with van der Waals surface area (Å²) in [5, 5.41) is 0.193. The molecule has 1 aromatic carbocycles. The van der Waals surface area contributed by atoms with E-state index in [4.69, 9.17) is 28.9 Å². The summed E-state index contributed by atoms with van der Waals surface area (Å²) in [6.07, 6.45) is 0. The van der Waals surface area contributed by atoms with Crippen LogP contribution in [0.4, 0.5) is 10.1 Å². The molecule has 0 heterocycles. The van der Waals surface area contributed by atoms with Crippen molar-refractivity contribution >= 4 is 50.7 Å². The summed E-state index contributed by atoms with van der Waals surface area (Å²) in [5.74, 6) is -0.0697. The smallest absolute Gasteiger partial charge is 0.128 e. The lowest BCUT2D eigenvalue weighted by atomic mass is 10.2. The summed E-state index contributed by atoms with van der Waals surface area (Å²) < 4.78 is 13.7. The number of halogens is 4. The Hall–Kier alpha value is -0.320. The van der Waals surface area contributed by atoms with Gasteiger partial charge in [0, 0.05) is 5.56 Å². The number of alkyl halides is 1. The first-order valence-electron chi connectivity index (χ1n) is 4.00. The lowest BCUT2D eigenvalue weighted by Crippen LogP contribution is -2.12. The molecule has 2 N–H and O–H groups in total. The Labute approximate surface area is 105 Å². The number of aliphatic imine (C=N–C) groups is 1. The molecule has 0 saturated carbocycles. The van der Waals surface area contributed by atoms with Gasteiger partial charge in [-0.3, -0.25) is 0 Å². The predicted octanol–water partition coefficient (Wildman–Crippen LogP) is 3.78. The number of benzene rings is 1. The molecule has 2 nitrogen and oxygen atoms in total. The maximum absolute atomic E-state index is 13.2. The van der Waals surface area contributed by atoms with Gasteiger partial charge in [0.15, 0.2) is 0 Å². The van der Waals surface area contributed by atoms with Gasteiger partial charge in [-0.15, -0.1) is 11.6 Å². The zero-order valence-corrected chi connectivity index (χ0v) is 10.9. The molecule has 0 aliphatic heterocycles. The molecule has 0 aliphatic carbocycles. The van der Waals surface area contributed by atoms with Crippen molar-refractivity contribution in [2.45, 2.75) is 6.92 Å². The Morgan fingerprint density at radius 3 is 2.80 bits per heavy atom. The summed E-state index contributed by atoms with van der Waals surface area (Å²) in [4.78, 5) is 4.00. The summed E-state index contributed by atoms with van der Waals surface area (Å²) in [6.45, 7) is 1.62. The van der Waals surface area contributed by atoms with Crippen molar-refractivity contribution in [3.8, 4) is 0 Å². The fourth-order valence-corrected chi connectivity index (χ4v) is 1.85. The van der Waals surface area contributed by atoms with Crippen LogP contribution in [0.5, 0.6) is 0 Å². The molecular formula is C9H8BrCl2FN2. The molecule has 82 valence electrons. The van der Waals surface area contributed by atoms with Crippen LogP contribution in [0, 0.1) is 12.7 Å². The quantitative estimate of drug-likeness (QED) is 0.504. The number of amidine groups is 1. The van der Waals surface area contributed by atoms with E-state index >= 15 is 0 Å². The van der Waals surface area contributed by atoms with E-state index in [0.717, 1.165) is 0 Å². The lowest BCUT2D eigenvalue weighted by Gasteiger charge is -2.07. The molecule has 15 heavy (non-hydrogen) atoms. The number of nitrogens with two attached hydrogens (primary N) is 1. The highest BCUT2D eigenvalue weighted by atomic mass is 79.9. The lowest BCUT2D eigenvalue weighted by molar-refractivity contribution is 0.617. The number of hydrogen-bond acceptors (Lipinski definition) is 1. The highest BCUT2D eigenvalue weighted by Crippen LogP contribution is 2.37. The standard InChI is InChI=1S/C9H8BrCl2FN2/c1-4-6(13)2-5(12)9(8(4)10)15-7(14)3-11/h2H,3H2,1H3,(H2,14,15). The fourth-order valence-electron chi connectivity index (χ4n) is 0.951. The fraction of sp³-hybridized carbons (Fsp3) is 0.222. The molecule has 0 aromatic heterocycles. The van der Waals surface area contributed by atoms with Gasteiger partial charge in [0.05, 0.1) is 21.1 Å². The van der Waals surface area contributed by atoms with Crippen molar-refractivity contribution in [2.75, 3.05) is 5.88 Å². The van der Waals surface area contributed by atoms with Crippen LogP contribution in [0.1, 0.15) is 5.56 Å². The van der Waals surface area contributed by atoms with Gasteiger partial charge >= 0.3 is 0 Å². The van der Waals surface area contributed by atoms with Crippen molar-refractivity contribution in [1.82, 2.24) is 0 Å². The average Bonchev–Trinajstić information content (AvgIpc) is 2.21. The van der Waals surface area contributed by atoms with Gasteiger partial charge in [-0.25, -0.2) is 9.38 Å². The summed E-state index contributed by atoms with van der Waals surface area (Å²) in [6, 6.07) is 1.20. The van der Waals surface area contributed by atoms with Crippen molar-refractivity contribution in [3.63, 3.8) is 0 Å². The van der Waals surface area contributed by atoms with E-state index in [1.54, 1.807) is 6.92 Å². The van der Waals surface area contributed by atoms with Gasteiger partial charge in [-0.2, -0.15) is 0 Å². The minimum Gasteiger partial charge on any atom is -0.386 e. The molecule has 0 unspecified atom stereocenters. The first-order valence-corrected chi connectivity index (χ1v) is 5.71. The zero-order chi connectivity index (χ0) is 11.6. The van der Waals surface area contributed by atoms with Crippen LogP contribution in [0.25, 0.3) is 0 Å². The highest BCUT2D eigenvalue weighted by molar-refractivity contribution is 9.10. The third-order valence-corrected chi connectivity index (χ3v) is 3.30. The summed E-state index contributed by atoms with van der Waals surface area (Å²) >= 11 is 14.5. The van der Waals surface area contributed by atoms with Crippen LogP contribution in [-0.4, -0.2) is 11.7 Å². The predicted molar refractivity (Wildman–Crippen MR) is 65.8 cm³/mol. The second kappa shape index (κ2) is 5.14. The Morgan fingerprint density at radius 1 is 1.67 bits per heavy atom. The molecule has 0 fully saturated rings. The van der Waals surface area contributed by atoms with Crippen molar-refractivity contribution in [1.29, 1.82) is 0 Å². The molecule has 0 atom stereocenters. The Morgan fingerprint density at radius 2 is 2.27 bits per heavy atom. The molecule has 1 rings (SSSR count). The van der Waals surface area contributed by atoms with Crippen LogP contribution < -0.4 is 5.73 Å². The maximum atomic E-state index is 13.2. The van der Waals surface area contributed by atoms with Crippen LogP contribution in [0.2, 0.25) is 5.02 Å². The molecule has 0 spiro atoms. The molecular weight excluding hydrogens is 306 g/mol. The summed E-state index contributed by atoms with van der Waals surface area (Å²) in [7, 11) is 0. The first-order chi connectivity index (χ1) is 6.97. The summed E-state index contributed by atoms with van der Waals surface area (Å²) in [5.41, 5.74) is 6.30. The Kier molecular flexibility index (Phi) is 4.37. The molecule has 0 bridgehead atoms. The molecule has 0 saturated heterocycles. The van der Waals surface area contributed by atoms with Crippen LogP contribution >= 0.6 is 39.1 Å². The van der Waals surface area contributed by atoms with Gasteiger partial charge in [0.25, 0.3) is 0 Å². The molecule has 0 aliphatic rings. The van der Waals surface area contributed by atoms with E-state index in [-0.39, 0.29) is 16.7 Å². The molecule has 0 amide bonds. The topological polar surface area (TPSA) is 38.4 Å². The Bertz CT molecular complexity index is 421. The van der Waals surface area contributed by atoms with Crippen molar-refractivity contribution in [3.05, 3.63) is 26.9 Å². The molecule has 6 heteroatoms. The monoisotopic (exact) mass is 312 g/mol. The van der Waals surface area contributed by atoms with Gasteiger partial charge in [-0.05, 0) is 28.9 Å². The van der Waals surface area contributed by atoms with E-state index in [2.05, 4.69) is 20.9 Å². The maximum Gasteiger partial charge on any atom is 0.128 e. The minimum atomic E-state index is -0.393. The average molecular weight is 314 g/mol. The number of nitrogens with zero attached hydrogens (tertiary/aromatic N) is 1. The second-order valence-corrected chi connectivity index (χ2v) is 4.33. The van der Waals surface area contributed by atoms with E-state index < -0.39 is 5.82 Å². The second-order valence-electron chi connectivity index (χ2n) is 2.86. The van der Waals surface area contributed by atoms with Crippen LogP contribution in [0.3, 0.4) is 0 Å². The first kappa shape index (κ1) is 12.7. The third-order valence-electron chi connectivity index (χ3n) is 1.77. The molecule has 0 radical (unpaired) electrons. The number of hydrogen-bond donors (Lipinski definition) is 1. The van der Waals surface area contributed by atoms with E-state index in [1.807, 2.05) is 0 Å². The number of rotatable bonds is 2. The van der Waals surface area contributed by atoms with Crippen LogP contribution in [0.15, 0.2) is 15.5 Å². The van der Waals surface area contributed by atoms with E-state index in [1.165, 1.54) is 6.07 Å². The molecule has 1 aromatic rings. The SMILES string of the molecule is Cc1c(F)cc(Cl)c(N=C(N)CCl)c1Br. The third kappa shape index (κ3) is 2.83. The van der Waals surface area contributed by atoms with Crippen LogP contribution in [-0.2, 0) is 0 Å². The largest absolute Gasteiger partial charge is 0.386 e. The van der Waals surface area contributed by atoms with Gasteiger partial charge in [-0.1, -0.05) is 11.6 Å². The van der Waals surface area contributed by atoms with Gasteiger partial charge in [0.1, 0.15) is 11.7 Å². The zero-order valence-electron chi connectivity index (χ0n) is 7.82. The highest BCUT2D eigenvalue weighted by Gasteiger charge is 2.12. The Balaban J connectivity index is 3.36. The van der Waals surface area contributed by atoms with Crippen molar-refractivity contribution in [2.24, 2.45) is 10.7 Å².